The summed E-state index contributed by atoms with van der Waals surface area (Å²) in [7, 11) is 0. The number of nitrogens with one attached hydrogen (secondary N) is 1. The number of amides is 1. The first-order valence-corrected chi connectivity index (χ1v) is 7.37. The molecule has 1 heterocycles. The van der Waals surface area contributed by atoms with E-state index in [4.69, 9.17) is 4.74 Å². The van der Waals surface area contributed by atoms with Gasteiger partial charge in [-0.05, 0) is 38.8 Å². The van der Waals surface area contributed by atoms with E-state index < -0.39 is 0 Å². The van der Waals surface area contributed by atoms with E-state index in [9.17, 15) is 4.79 Å². The Balaban J connectivity index is 2.10. The Morgan fingerprint density at radius 3 is 2.56 bits per heavy atom. The molecule has 0 aliphatic carbocycles. The Hall–Kier alpha value is -0.610. The van der Waals surface area contributed by atoms with E-state index in [2.05, 4.69) is 24.1 Å². The van der Waals surface area contributed by atoms with E-state index >= 15 is 0 Å². The largest absolute Gasteiger partial charge is 0.376 e. The van der Waals surface area contributed by atoms with Gasteiger partial charge in [0.15, 0.2) is 0 Å². The third-order valence-electron chi connectivity index (χ3n) is 3.29. The van der Waals surface area contributed by atoms with E-state index in [1.54, 1.807) is 0 Å². The number of carbonyl (C=O) groups is 1. The maximum atomic E-state index is 11.7. The van der Waals surface area contributed by atoms with Gasteiger partial charge in [0.25, 0.3) is 0 Å². The van der Waals surface area contributed by atoms with E-state index in [0.717, 1.165) is 51.9 Å². The van der Waals surface area contributed by atoms with Gasteiger partial charge in [-0.15, -0.1) is 0 Å². The highest BCUT2D eigenvalue weighted by Gasteiger charge is 2.16. The van der Waals surface area contributed by atoms with Crippen LogP contribution in [0.1, 0.15) is 46.0 Å². The molecule has 0 aromatic heterocycles. The minimum absolute atomic E-state index is 0.155. The SMILES string of the molecule is CCCN(CCC)CCC(=O)NCC1CCCO1. The fraction of sp³-hybridized carbons (Fsp3) is 0.929. The van der Waals surface area contributed by atoms with E-state index in [0.29, 0.717) is 13.0 Å². The maximum absolute atomic E-state index is 11.7. The van der Waals surface area contributed by atoms with Crippen molar-refractivity contribution < 1.29 is 9.53 Å². The first-order valence-electron chi connectivity index (χ1n) is 7.37. The molecular formula is C14H28N2O2. The van der Waals surface area contributed by atoms with Crippen LogP contribution in [0, 0.1) is 0 Å². The summed E-state index contributed by atoms with van der Waals surface area (Å²) in [6.45, 7) is 8.95. The van der Waals surface area contributed by atoms with Crippen LogP contribution >= 0.6 is 0 Å². The summed E-state index contributed by atoms with van der Waals surface area (Å²) in [6.07, 6.45) is 5.36. The van der Waals surface area contributed by atoms with Crippen molar-refractivity contribution in [1.29, 1.82) is 0 Å². The van der Waals surface area contributed by atoms with Gasteiger partial charge in [0.2, 0.25) is 5.91 Å². The molecule has 0 spiro atoms. The van der Waals surface area contributed by atoms with Gasteiger partial charge in [-0.1, -0.05) is 13.8 Å². The molecule has 0 aromatic carbocycles. The quantitative estimate of drug-likeness (QED) is 0.684. The molecule has 1 rings (SSSR count). The zero-order valence-electron chi connectivity index (χ0n) is 11.9. The van der Waals surface area contributed by atoms with Gasteiger partial charge in [-0.3, -0.25) is 4.79 Å². The Kier molecular flexibility index (Phi) is 8.01. The molecule has 4 heteroatoms. The van der Waals surface area contributed by atoms with Gasteiger partial charge in [-0.2, -0.15) is 0 Å². The number of carbonyl (C=O) groups excluding carboxylic acids is 1. The molecule has 1 amide bonds. The van der Waals surface area contributed by atoms with Crippen LogP contribution in [-0.4, -0.2) is 49.7 Å². The van der Waals surface area contributed by atoms with Crippen LogP contribution in [0.2, 0.25) is 0 Å². The predicted octanol–water partition coefficient (Wildman–Crippen LogP) is 1.79. The van der Waals surface area contributed by atoms with Crippen LogP contribution in [-0.2, 0) is 9.53 Å². The van der Waals surface area contributed by atoms with Gasteiger partial charge in [0.1, 0.15) is 0 Å². The molecule has 1 fully saturated rings. The third kappa shape index (κ3) is 6.36. The first-order chi connectivity index (χ1) is 8.76. The molecular weight excluding hydrogens is 228 g/mol. The van der Waals surface area contributed by atoms with Crippen LogP contribution in [0.25, 0.3) is 0 Å². The average molecular weight is 256 g/mol. The molecule has 1 aliphatic heterocycles. The topological polar surface area (TPSA) is 41.6 Å². The van der Waals surface area contributed by atoms with E-state index in [-0.39, 0.29) is 12.0 Å². The van der Waals surface area contributed by atoms with Crippen LogP contribution in [0.4, 0.5) is 0 Å². The van der Waals surface area contributed by atoms with Crippen molar-refractivity contribution in [3.63, 3.8) is 0 Å². The van der Waals surface area contributed by atoms with Gasteiger partial charge in [0, 0.05) is 26.1 Å². The standard InChI is InChI=1S/C14H28N2O2/c1-3-8-16(9-4-2)10-7-14(17)15-12-13-6-5-11-18-13/h13H,3-12H2,1-2H3,(H,15,17). The molecule has 1 aliphatic rings. The monoisotopic (exact) mass is 256 g/mol. The number of ether oxygens (including phenoxy) is 1. The lowest BCUT2D eigenvalue weighted by molar-refractivity contribution is -0.121. The molecule has 0 radical (unpaired) electrons. The van der Waals surface area contributed by atoms with Crippen molar-refractivity contribution in [1.82, 2.24) is 10.2 Å². The van der Waals surface area contributed by atoms with E-state index in [1.165, 1.54) is 0 Å². The van der Waals surface area contributed by atoms with Crippen molar-refractivity contribution >= 4 is 5.91 Å². The van der Waals surface area contributed by atoms with Crippen molar-refractivity contribution in [2.24, 2.45) is 0 Å². The molecule has 4 nitrogen and oxygen atoms in total. The summed E-state index contributed by atoms with van der Waals surface area (Å²) >= 11 is 0. The van der Waals surface area contributed by atoms with Crippen molar-refractivity contribution in [3.05, 3.63) is 0 Å². The highest BCUT2D eigenvalue weighted by Crippen LogP contribution is 2.10. The van der Waals surface area contributed by atoms with Gasteiger partial charge in [0.05, 0.1) is 6.10 Å². The number of hydrogen-bond acceptors (Lipinski definition) is 3. The van der Waals surface area contributed by atoms with Crippen molar-refractivity contribution in [2.75, 3.05) is 32.8 Å². The average Bonchev–Trinajstić information content (AvgIpc) is 2.87. The highest BCUT2D eigenvalue weighted by molar-refractivity contribution is 5.76. The molecule has 1 saturated heterocycles. The predicted molar refractivity (Wildman–Crippen MR) is 73.6 cm³/mol. The summed E-state index contributed by atoms with van der Waals surface area (Å²) in [5.74, 6) is 0.155. The fourth-order valence-electron chi connectivity index (χ4n) is 2.35. The molecule has 1 N–H and O–H groups in total. The minimum Gasteiger partial charge on any atom is -0.376 e. The number of hydrogen-bond donors (Lipinski definition) is 1. The summed E-state index contributed by atoms with van der Waals surface area (Å²) in [5, 5.41) is 2.97. The molecule has 106 valence electrons. The summed E-state index contributed by atoms with van der Waals surface area (Å²) in [4.78, 5) is 14.1. The first kappa shape index (κ1) is 15.4. The van der Waals surface area contributed by atoms with Crippen molar-refractivity contribution in [3.8, 4) is 0 Å². The lowest BCUT2D eigenvalue weighted by atomic mass is 10.2. The van der Waals surface area contributed by atoms with Crippen LogP contribution in [0.15, 0.2) is 0 Å². The minimum atomic E-state index is 0.155. The molecule has 0 aromatic rings. The van der Waals surface area contributed by atoms with Crippen LogP contribution in [0.3, 0.4) is 0 Å². The van der Waals surface area contributed by atoms with Gasteiger partial charge >= 0.3 is 0 Å². The Morgan fingerprint density at radius 2 is 2.00 bits per heavy atom. The lowest BCUT2D eigenvalue weighted by Crippen LogP contribution is -2.35. The van der Waals surface area contributed by atoms with Gasteiger partial charge in [-0.25, -0.2) is 0 Å². The second-order valence-corrected chi connectivity index (χ2v) is 5.03. The maximum Gasteiger partial charge on any atom is 0.221 e. The Bertz CT molecular complexity index is 222. The summed E-state index contributed by atoms with van der Waals surface area (Å²) in [6, 6.07) is 0. The normalized spacial score (nSPS) is 19.4. The second-order valence-electron chi connectivity index (χ2n) is 5.03. The summed E-state index contributed by atoms with van der Waals surface area (Å²) in [5.41, 5.74) is 0. The lowest BCUT2D eigenvalue weighted by Gasteiger charge is -2.20. The Labute approximate surface area is 111 Å². The van der Waals surface area contributed by atoms with Crippen molar-refractivity contribution in [2.45, 2.75) is 52.1 Å². The molecule has 0 bridgehead atoms. The molecule has 1 unspecified atom stereocenters. The second kappa shape index (κ2) is 9.34. The van der Waals surface area contributed by atoms with Gasteiger partial charge < -0.3 is 15.0 Å². The molecule has 18 heavy (non-hydrogen) atoms. The highest BCUT2D eigenvalue weighted by atomic mass is 16.5. The fourth-order valence-corrected chi connectivity index (χ4v) is 2.35. The smallest absolute Gasteiger partial charge is 0.221 e. The third-order valence-corrected chi connectivity index (χ3v) is 3.29. The number of nitrogens with zero attached hydrogens (tertiary/aromatic N) is 1. The Morgan fingerprint density at radius 1 is 1.28 bits per heavy atom. The van der Waals surface area contributed by atoms with Crippen LogP contribution in [0.5, 0.6) is 0 Å². The number of rotatable bonds is 9. The summed E-state index contributed by atoms with van der Waals surface area (Å²) < 4.78 is 5.48. The molecule has 1 atom stereocenters. The molecule has 0 saturated carbocycles. The van der Waals surface area contributed by atoms with E-state index in [1.807, 2.05) is 0 Å². The zero-order chi connectivity index (χ0) is 13.2. The zero-order valence-corrected chi connectivity index (χ0v) is 11.9. The van der Waals surface area contributed by atoms with Crippen LogP contribution < -0.4 is 5.32 Å².